The highest BCUT2D eigenvalue weighted by Gasteiger charge is 2.27. The van der Waals surface area contributed by atoms with Crippen LogP contribution in [0, 0.1) is 13.8 Å². The van der Waals surface area contributed by atoms with Crippen LogP contribution in [0.1, 0.15) is 18.1 Å². The molecular weight excluding hydrogens is 311 g/mol. The van der Waals surface area contributed by atoms with Gasteiger partial charge in [-0.15, -0.1) is 0 Å². The standard InChI is InChI=1S/C15H20F3N3O2/c1-9-4-5-12(10(2)6-9)21-14(23)11(3)19-7-13(22)20-8-15(16,17)18/h4-6,11,19H,7-8H2,1-3H3,(H,20,22)(H,21,23). The first-order chi connectivity index (χ1) is 10.6. The van der Waals surface area contributed by atoms with Crippen molar-refractivity contribution in [3.05, 3.63) is 29.3 Å². The van der Waals surface area contributed by atoms with Gasteiger partial charge in [0, 0.05) is 5.69 Å². The second kappa shape index (κ2) is 7.96. The second-order valence-electron chi connectivity index (χ2n) is 5.30. The summed E-state index contributed by atoms with van der Waals surface area (Å²) >= 11 is 0. The lowest BCUT2D eigenvalue weighted by atomic mass is 10.1. The topological polar surface area (TPSA) is 70.2 Å². The molecule has 1 rings (SSSR count). The fourth-order valence-corrected chi connectivity index (χ4v) is 1.79. The molecule has 1 atom stereocenters. The van der Waals surface area contributed by atoms with E-state index >= 15 is 0 Å². The van der Waals surface area contributed by atoms with E-state index in [1.165, 1.54) is 6.92 Å². The number of hydrogen-bond donors (Lipinski definition) is 3. The zero-order valence-electron chi connectivity index (χ0n) is 13.2. The lowest BCUT2D eigenvalue weighted by molar-refractivity contribution is -0.138. The summed E-state index contributed by atoms with van der Waals surface area (Å²) in [6, 6.07) is 4.81. The van der Waals surface area contributed by atoms with Crippen molar-refractivity contribution in [1.82, 2.24) is 10.6 Å². The Morgan fingerprint density at radius 1 is 1.22 bits per heavy atom. The van der Waals surface area contributed by atoms with Gasteiger partial charge in [-0.2, -0.15) is 13.2 Å². The Kier molecular flexibility index (Phi) is 6.56. The number of benzene rings is 1. The number of alkyl halides is 3. The molecule has 0 bridgehead atoms. The van der Waals surface area contributed by atoms with Gasteiger partial charge in [0.25, 0.3) is 0 Å². The number of anilines is 1. The molecule has 0 heterocycles. The van der Waals surface area contributed by atoms with E-state index in [4.69, 9.17) is 0 Å². The van der Waals surface area contributed by atoms with Gasteiger partial charge in [0.2, 0.25) is 11.8 Å². The molecule has 0 aliphatic carbocycles. The molecule has 3 N–H and O–H groups in total. The molecule has 0 saturated carbocycles. The summed E-state index contributed by atoms with van der Waals surface area (Å²) in [6.45, 7) is 3.54. The molecule has 0 aliphatic heterocycles. The first kappa shape index (κ1) is 19.0. The molecule has 5 nitrogen and oxygen atoms in total. The van der Waals surface area contributed by atoms with E-state index in [0.717, 1.165) is 11.1 Å². The molecule has 0 saturated heterocycles. The van der Waals surface area contributed by atoms with Crippen LogP contribution < -0.4 is 16.0 Å². The molecule has 2 amide bonds. The molecule has 1 unspecified atom stereocenters. The lowest BCUT2D eigenvalue weighted by Gasteiger charge is -2.15. The van der Waals surface area contributed by atoms with Crippen molar-refractivity contribution >= 4 is 17.5 Å². The van der Waals surface area contributed by atoms with E-state index in [0.29, 0.717) is 5.69 Å². The normalized spacial score (nSPS) is 12.6. The van der Waals surface area contributed by atoms with Gasteiger partial charge < -0.3 is 10.6 Å². The monoisotopic (exact) mass is 331 g/mol. The quantitative estimate of drug-likeness (QED) is 0.746. The van der Waals surface area contributed by atoms with Crippen LogP contribution >= 0.6 is 0 Å². The van der Waals surface area contributed by atoms with Crippen LogP contribution in [-0.4, -0.2) is 37.1 Å². The minimum Gasteiger partial charge on any atom is -0.346 e. The molecule has 0 aromatic heterocycles. The van der Waals surface area contributed by atoms with Gasteiger partial charge >= 0.3 is 6.18 Å². The highest BCUT2D eigenvalue weighted by atomic mass is 19.4. The van der Waals surface area contributed by atoms with E-state index in [1.807, 2.05) is 26.0 Å². The van der Waals surface area contributed by atoms with Crippen molar-refractivity contribution < 1.29 is 22.8 Å². The molecule has 23 heavy (non-hydrogen) atoms. The zero-order chi connectivity index (χ0) is 17.6. The molecule has 1 aromatic rings. The van der Waals surface area contributed by atoms with Crippen LogP contribution in [-0.2, 0) is 9.59 Å². The number of hydrogen-bond acceptors (Lipinski definition) is 3. The van der Waals surface area contributed by atoms with Crippen LogP contribution in [0.15, 0.2) is 18.2 Å². The summed E-state index contributed by atoms with van der Waals surface area (Å²) in [5, 5.41) is 7.01. The first-order valence-electron chi connectivity index (χ1n) is 7.03. The van der Waals surface area contributed by atoms with E-state index < -0.39 is 24.7 Å². The predicted molar refractivity (Wildman–Crippen MR) is 81.1 cm³/mol. The fourth-order valence-electron chi connectivity index (χ4n) is 1.79. The molecular formula is C15H20F3N3O2. The smallest absolute Gasteiger partial charge is 0.346 e. The van der Waals surface area contributed by atoms with Gasteiger partial charge in [0.05, 0.1) is 12.6 Å². The minimum atomic E-state index is -4.46. The number of aryl methyl sites for hydroxylation is 2. The van der Waals surface area contributed by atoms with Crippen LogP contribution in [0.4, 0.5) is 18.9 Å². The van der Waals surface area contributed by atoms with Crippen molar-refractivity contribution in [3.8, 4) is 0 Å². The van der Waals surface area contributed by atoms with Gasteiger partial charge in [0.1, 0.15) is 6.54 Å². The predicted octanol–water partition coefficient (Wildman–Crippen LogP) is 1.90. The SMILES string of the molecule is Cc1ccc(NC(=O)C(C)NCC(=O)NCC(F)(F)F)c(C)c1. The third kappa shape index (κ3) is 7.14. The first-order valence-corrected chi connectivity index (χ1v) is 7.03. The summed E-state index contributed by atoms with van der Waals surface area (Å²) in [6.07, 6.45) is -4.46. The van der Waals surface area contributed by atoms with Gasteiger partial charge in [0.15, 0.2) is 0 Å². The highest BCUT2D eigenvalue weighted by molar-refractivity contribution is 5.95. The van der Waals surface area contributed by atoms with Crippen molar-refractivity contribution in [2.45, 2.75) is 33.0 Å². The van der Waals surface area contributed by atoms with Crippen LogP contribution in [0.5, 0.6) is 0 Å². The maximum absolute atomic E-state index is 12.0. The largest absolute Gasteiger partial charge is 0.405 e. The van der Waals surface area contributed by atoms with E-state index in [-0.39, 0.29) is 12.5 Å². The van der Waals surface area contributed by atoms with Crippen LogP contribution in [0.2, 0.25) is 0 Å². The van der Waals surface area contributed by atoms with Crippen LogP contribution in [0.3, 0.4) is 0 Å². The average molecular weight is 331 g/mol. The minimum absolute atomic E-state index is 0.374. The molecule has 1 aromatic carbocycles. The average Bonchev–Trinajstić information content (AvgIpc) is 2.44. The fraction of sp³-hybridized carbons (Fsp3) is 0.467. The second-order valence-corrected chi connectivity index (χ2v) is 5.30. The van der Waals surface area contributed by atoms with Gasteiger partial charge in [-0.3, -0.25) is 14.9 Å². The summed E-state index contributed by atoms with van der Waals surface area (Å²) in [5.74, 6) is -1.20. The number of amides is 2. The summed E-state index contributed by atoms with van der Waals surface area (Å²) in [7, 11) is 0. The Morgan fingerprint density at radius 2 is 1.87 bits per heavy atom. The number of halogens is 3. The van der Waals surface area contributed by atoms with E-state index in [9.17, 15) is 22.8 Å². The maximum Gasteiger partial charge on any atom is 0.405 e. The molecule has 0 fully saturated rings. The number of carbonyl (C=O) groups is 2. The van der Waals surface area contributed by atoms with Crippen LogP contribution in [0.25, 0.3) is 0 Å². The Morgan fingerprint density at radius 3 is 2.43 bits per heavy atom. The Balaban J connectivity index is 2.43. The highest BCUT2D eigenvalue weighted by Crippen LogP contribution is 2.16. The molecule has 8 heteroatoms. The summed E-state index contributed by atoms with van der Waals surface area (Å²) in [4.78, 5) is 23.3. The van der Waals surface area contributed by atoms with Gasteiger partial charge in [-0.25, -0.2) is 0 Å². The molecule has 0 aliphatic rings. The van der Waals surface area contributed by atoms with Gasteiger partial charge in [-0.05, 0) is 32.4 Å². The Bertz CT molecular complexity index is 574. The third-order valence-electron chi connectivity index (χ3n) is 3.09. The number of carbonyl (C=O) groups excluding carboxylic acids is 2. The maximum atomic E-state index is 12.0. The third-order valence-corrected chi connectivity index (χ3v) is 3.09. The zero-order valence-corrected chi connectivity index (χ0v) is 13.2. The van der Waals surface area contributed by atoms with E-state index in [2.05, 4.69) is 10.6 Å². The lowest BCUT2D eigenvalue weighted by Crippen LogP contribution is -2.45. The number of rotatable bonds is 6. The van der Waals surface area contributed by atoms with E-state index in [1.54, 1.807) is 11.4 Å². The molecule has 0 radical (unpaired) electrons. The van der Waals surface area contributed by atoms with Crippen molar-refractivity contribution in [1.29, 1.82) is 0 Å². The van der Waals surface area contributed by atoms with Crippen molar-refractivity contribution in [2.24, 2.45) is 0 Å². The Labute approximate surface area is 132 Å². The Hall–Kier alpha value is -2.09. The summed E-state index contributed by atoms with van der Waals surface area (Å²) in [5.41, 5.74) is 2.61. The molecule has 0 spiro atoms. The molecule has 128 valence electrons. The number of nitrogens with one attached hydrogen (secondary N) is 3. The van der Waals surface area contributed by atoms with Gasteiger partial charge in [-0.1, -0.05) is 17.7 Å². The van der Waals surface area contributed by atoms with Crippen molar-refractivity contribution in [3.63, 3.8) is 0 Å². The summed E-state index contributed by atoms with van der Waals surface area (Å²) < 4.78 is 35.9. The van der Waals surface area contributed by atoms with Crippen molar-refractivity contribution in [2.75, 3.05) is 18.4 Å².